The quantitative estimate of drug-likeness (QED) is 0.566. The summed E-state index contributed by atoms with van der Waals surface area (Å²) >= 11 is 0. The van der Waals surface area contributed by atoms with E-state index >= 15 is 0 Å². The molecule has 0 saturated carbocycles. The van der Waals surface area contributed by atoms with Crippen molar-refractivity contribution >= 4 is 33.2 Å². The molecule has 172 valence electrons. The highest BCUT2D eigenvalue weighted by atomic mass is 32.2. The van der Waals surface area contributed by atoms with Crippen LogP contribution in [0, 0.1) is 0 Å². The third-order valence-corrected chi connectivity index (χ3v) is 6.84. The molecule has 1 unspecified atom stereocenters. The minimum absolute atomic E-state index is 0.0563. The van der Waals surface area contributed by atoms with E-state index in [-0.39, 0.29) is 23.1 Å². The van der Waals surface area contributed by atoms with E-state index < -0.39 is 28.3 Å². The van der Waals surface area contributed by atoms with Gasteiger partial charge in [-0.25, -0.2) is 18.2 Å². The fourth-order valence-electron chi connectivity index (χ4n) is 3.55. The minimum Gasteiger partial charge on any atom is -0.494 e. The molecule has 1 N–H and O–H groups in total. The molecule has 32 heavy (non-hydrogen) atoms. The standard InChI is InChI=1S/C22H27N3O6S/c1-3-25(17-11-13-32(28,29)15-17)20(26)14-31-22(27)19-6-5-12-23-21(19)24-16-7-9-18(10-8-16)30-4-2/h5-10,12,17H,3-4,11,13-15H2,1-2H3,(H,23,24). The Morgan fingerprint density at radius 2 is 1.94 bits per heavy atom. The first kappa shape index (κ1) is 23.5. The Kier molecular flexibility index (Phi) is 7.68. The predicted octanol–water partition coefficient (Wildman–Crippen LogP) is 2.42. The van der Waals surface area contributed by atoms with Crippen LogP contribution < -0.4 is 10.1 Å². The summed E-state index contributed by atoms with van der Waals surface area (Å²) in [5, 5.41) is 3.07. The lowest BCUT2D eigenvalue weighted by atomic mass is 10.2. The smallest absolute Gasteiger partial charge is 0.342 e. The lowest BCUT2D eigenvalue weighted by Crippen LogP contribution is -2.43. The third-order valence-electron chi connectivity index (χ3n) is 5.09. The van der Waals surface area contributed by atoms with Gasteiger partial charge in [0.05, 0.1) is 18.1 Å². The van der Waals surface area contributed by atoms with Crippen LogP contribution in [0.3, 0.4) is 0 Å². The largest absolute Gasteiger partial charge is 0.494 e. The van der Waals surface area contributed by atoms with Gasteiger partial charge in [-0.05, 0) is 56.7 Å². The van der Waals surface area contributed by atoms with Crippen LogP contribution in [0.1, 0.15) is 30.6 Å². The number of aromatic nitrogens is 1. The van der Waals surface area contributed by atoms with Crippen molar-refractivity contribution in [1.82, 2.24) is 9.88 Å². The Balaban J connectivity index is 1.63. The molecule has 3 rings (SSSR count). The summed E-state index contributed by atoms with van der Waals surface area (Å²) in [6.45, 7) is 4.10. The minimum atomic E-state index is -3.13. The van der Waals surface area contributed by atoms with Gasteiger partial charge in [-0.1, -0.05) is 0 Å². The van der Waals surface area contributed by atoms with E-state index in [4.69, 9.17) is 9.47 Å². The number of rotatable bonds is 9. The highest BCUT2D eigenvalue weighted by Gasteiger charge is 2.34. The summed E-state index contributed by atoms with van der Waals surface area (Å²) in [5.41, 5.74) is 0.887. The van der Waals surface area contributed by atoms with Gasteiger partial charge in [-0.2, -0.15) is 0 Å². The lowest BCUT2D eigenvalue weighted by Gasteiger charge is -2.26. The van der Waals surface area contributed by atoms with E-state index in [2.05, 4.69) is 10.3 Å². The Morgan fingerprint density at radius 1 is 1.19 bits per heavy atom. The van der Waals surface area contributed by atoms with Crippen LogP contribution in [0.15, 0.2) is 42.6 Å². The van der Waals surface area contributed by atoms with E-state index in [0.29, 0.717) is 31.1 Å². The molecule has 0 aliphatic carbocycles. The number of hydrogen-bond donors (Lipinski definition) is 1. The summed E-state index contributed by atoms with van der Waals surface area (Å²) < 4.78 is 34.1. The number of ether oxygens (including phenoxy) is 2. The second-order valence-corrected chi connectivity index (χ2v) is 9.52. The van der Waals surface area contributed by atoms with Crippen molar-refractivity contribution in [3.8, 4) is 5.75 Å². The van der Waals surface area contributed by atoms with Crippen LogP contribution >= 0.6 is 0 Å². The molecule has 1 aliphatic rings. The van der Waals surface area contributed by atoms with Gasteiger partial charge in [0.25, 0.3) is 5.91 Å². The van der Waals surface area contributed by atoms with E-state index in [1.165, 1.54) is 11.1 Å². The molecule has 1 amide bonds. The number of anilines is 2. The summed E-state index contributed by atoms with van der Waals surface area (Å²) in [6, 6.07) is 9.97. The first-order valence-corrected chi connectivity index (χ1v) is 12.3. The normalized spacial score (nSPS) is 16.9. The molecule has 1 aromatic carbocycles. The predicted molar refractivity (Wildman–Crippen MR) is 120 cm³/mol. The highest BCUT2D eigenvalue weighted by Crippen LogP contribution is 2.22. The van der Waals surface area contributed by atoms with Crippen molar-refractivity contribution in [2.75, 3.05) is 36.6 Å². The number of nitrogens with zero attached hydrogens (tertiary/aromatic N) is 2. The van der Waals surface area contributed by atoms with Gasteiger partial charge >= 0.3 is 5.97 Å². The summed E-state index contributed by atoms with van der Waals surface area (Å²) in [5.74, 6) is -0.0875. The van der Waals surface area contributed by atoms with Crippen LogP contribution in [-0.4, -0.2) is 67.5 Å². The Bertz CT molecular complexity index is 1060. The first-order valence-electron chi connectivity index (χ1n) is 10.4. The molecule has 2 heterocycles. The fraction of sp³-hybridized carbons (Fsp3) is 0.409. The van der Waals surface area contributed by atoms with E-state index in [1.807, 2.05) is 6.92 Å². The van der Waals surface area contributed by atoms with Crippen molar-refractivity contribution in [2.45, 2.75) is 26.3 Å². The van der Waals surface area contributed by atoms with Crippen molar-refractivity contribution in [2.24, 2.45) is 0 Å². The Morgan fingerprint density at radius 3 is 2.56 bits per heavy atom. The Labute approximate surface area is 187 Å². The molecule has 9 nitrogen and oxygen atoms in total. The van der Waals surface area contributed by atoms with Gasteiger partial charge in [0, 0.05) is 24.5 Å². The van der Waals surface area contributed by atoms with E-state index in [1.54, 1.807) is 43.3 Å². The zero-order valence-electron chi connectivity index (χ0n) is 18.1. The van der Waals surface area contributed by atoms with Gasteiger partial charge in [0.1, 0.15) is 17.1 Å². The monoisotopic (exact) mass is 461 g/mol. The maximum absolute atomic E-state index is 12.6. The van der Waals surface area contributed by atoms with Crippen molar-refractivity contribution < 1.29 is 27.5 Å². The van der Waals surface area contributed by atoms with E-state index in [0.717, 1.165) is 5.75 Å². The van der Waals surface area contributed by atoms with Gasteiger partial charge < -0.3 is 19.7 Å². The van der Waals surface area contributed by atoms with E-state index in [9.17, 15) is 18.0 Å². The average molecular weight is 462 g/mol. The number of carbonyl (C=O) groups is 2. The van der Waals surface area contributed by atoms with Crippen molar-refractivity contribution in [3.05, 3.63) is 48.2 Å². The molecular weight excluding hydrogens is 434 g/mol. The topological polar surface area (TPSA) is 115 Å². The third kappa shape index (κ3) is 5.97. The first-order chi connectivity index (χ1) is 15.3. The molecule has 1 aliphatic heterocycles. The number of carbonyl (C=O) groups excluding carboxylic acids is 2. The number of benzene rings is 1. The molecule has 1 aromatic heterocycles. The lowest BCUT2D eigenvalue weighted by molar-refractivity contribution is -0.136. The molecular formula is C22H27N3O6S. The summed E-state index contributed by atoms with van der Waals surface area (Å²) in [4.78, 5) is 30.9. The molecule has 0 radical (unpaired) electrons. The number of pyridine rings is 1. The van der Waals surface area contributed by atoms with Gasteiger partial charge in [-0.15, -0.1) is 0 Å². The SMILES string of the molecule is CCOc1ccc(Nc2ncccc2C(=O)OCC(=O)N(CC)C2CCS(=O)(=O)C2)cc1. The molecule has 1 atom stereocenters. The summed E-state index contributed by atoms with van der Waals surface area (Å²) in [7, 11) is -3.13. The van der Waals surface area contributed by atoms with Crippen molar-refractivity contribution in [3.63, 3.8) is 0 Å². The van der Waals surface area contributed by atoms with Gasteiger partial charge in [0.15, 0.2) is 16.4 Å². The highest BCUT2D eigenvalue weighted by molar-refractivity contribution is 7.91. The molecule has 0 bridgehead atoms. The maximum atomic E-state index is 12.6. The number of hydrogen-bond acceptors (Lipinski definition) is 8. The molecule has 1 fully saturated rings. The Hall–Kier alpha value is -3.14. The van der Waals surface area contributed by atoms with Crippen LogP contribution in [0.4, 0.5) is 11.5 Å². The fourth-order valence-corrected chi connectivity index (χ4v) is 5.29. The zero-order valence-corrected chi connectivity index (χ0v) is 18.9. The molecule has 0 spiro atoms. The molecule has 1 saturated heterocycles. The number of esters is 1. The van der Waals surface area contributed by atoms with Crippen molar-refractivity contribution in [1.29, 1.82) is 0 Å². The number of sulfone groups is 1. The van der Waals surface area contributed by atoms with Crippen LogP contribution in [0.5, 0.6) is 5.75 Å². The number of amides is 1. The zero-order chi connectivity index (χ0) is 23.1. The van der Waals surface area contributed by atoms with Crippen LogP contribution in [0.2, 0.25) is 0 Å². The van der Waals surface area contributed by atoms with Gasteiger partial charge in [0.2, 0.25) is 0 Å². The van der Waals surface area contributed by atoms with Crippen LogP contribution in [-0.2, 0) is 19.4 Å². The second kappa shape index (κ2) is 10.4. The second-order valence-electron chi connectivity index (χ2n) is 7.29. The maximum Gasteiger partial charge on any atom is 0.342 e. The van der Waals surface area contributed by atoms with Crippen LogP contribution in [0.25, 0.3) is 0 Å². The number of nitrogens with one attached hydrogen (secondary N) is 1. The average Bonchev–Trinajstić information content (AvgIpc) is 3.13. The number of likely N-dealkylation sites (N-methyl/N-ethyl adjacent to an activating group) is 1. The molecule has 10 heteroatoms. The summed E-state index contributed by atoms with van der Waals surface area (Å²) in [6.07, 6.45) is 1.94. The van der Waals surface area contributed by atoms with Gasteiger partial charge in [-0.3, -0.25) is 4.79 Å². The molecule has 2 aromatic rings.